The first-order chi connectivity index (χ1) is 12.0. The summed E-state index contributed by atoms with van der Waals surface area (Å²) in [5.74, 6) is 0.338. The molecule has 7 heteroatoms. The lowest BCUT2D eigenvalue weighted by Crippen LogP contribution is -2.26. The van der Waals surface area contributed by atoms with Crippen LogP contribution in [0.15, 0.2) is 30.3 Å². The minimum Gasteiger partial charge on any atom is -0.494 e. The number of nitrogens with zero attached hydrogens (tertiary/aromatic N) is 1. The molecule has 0 radical (unpaired) electrons. The highest BCUT2D eigenvalue weighted by Gasteiger charge is 2.21. The molecule has 1 amide bonds. The lowest BCUT2D eigenvalue weighted by molar-refractivity contribution is 0.0783. The summed E-state index contributed by atoms with van der Waals surface area (Å²) in [6.45, 7) is 1.07. The van der Waals surface area contributed by atoms with Crippen LogP contribution in [-0.2, 0) is 6.54 Å². The van der Waals surface area contributed by atoms with Crippen molar-refractivity contribution in [2.24, 2.45) is 0 Å². The second kappa shape index (κ2) is 7.19. The number of methoxy groups -OCH3 is 1. The molecule has 25 heavy (non-hydrogen) atoms. The second-order valence-electron chi connectivity index (χ2n) is 5.61. The van der Waals surface area contributed by atoms with Crippen molar-refractivity contribution in [2.75, 3.05) is 27.4 Å². The number of hydrogen-bond donors (Lipinski definition) is 0. The Balaban J connectivity index is 1.78. The predicted octanol–water partition coefficient (Wildman–Crippen LogP) is 3.53. The molecule has 0 spiro atoms. The van der Waals surface area contributed by atoms with Gasteiger partial charge in [0.15, 0.2) is 23.1 Å². The molecule has 0 saturated heterocycles. The van der Waals surface area contributed by atoms with Gasteiger partial charge >= 0.3 is 0 Å². The van der Waals surface area contributed by atoms with E-state index in [2.05, 4.69) is 0 Å². The fraction of sp³-hybridized carbons (Fsp3) is 0.278. The normalized spacial score (nSPS) is 12.6. The second-order valence-corrected chi connectivity index (χ2v) is 6.02. The number of ether oxygens (including phenoxy) is 3. The summed E-state index contributed by atoms with van der Waals surface area (Å²) in [6.07, 6.45) is 0. The van der Waals surface area contributed by atoms with Crippen LogP contribution < -0.4 is 14.2 Å². The predicted molar refractivity (Wildman–Crippen MR) is 91.2 cm³/mol. The molecular weight excluding hydrogens is 349 g/mol. The standard InChI is InChI=1S/C18H17ClFNO4/c1-21(10-11-3-4-15(23-2)14(20)7-11)18(22)12-8-13(19)17-16(9-12)24-5-6-25-17/h3-4,7-9H,5-6,10H2,1-2H3. The quantitative estimate of drug-likeness (QED) is 0.831. The van der Waals surface area contributed by atoms with Gasteiger partial charge in [0.05, 0.1) is 12.1 Å². The summed E-state index contributed by atoms with van der Waals surface area (Å²) < 4.78 is 29.6. The maximum absolute atomic E-state index is 13.8. The number of fused-ring (bicyclic) bond motifs is 1. The maximum Gasteiger partial charge on any atom is 0.254 e. The van der Waals surface area contributed by atoms with E-state index in [-0.39, 0.29) is 18.2 Å². The lowest BCUT2D eigenvalue weighted by Gasteiger charge is -2.22. The minimum atomic E-state index is -0.469. The molecule has 1 aliphatic rings. The van der Waals surface area contributed by atoms with Crippen LogP contribution in [0.25, 0.3) is 0 Å². The minimum absolute atomic E-state index is 0.163. The summed E-state index contributed by atoms with van der Waals surface area (Å²) in [5.41, 5.74) is 1.03. The molecule has 2 aromatic carbocycles. The van der Waals surface area contributed by atoms with Gasteiger partial charge in [-0.15, -0.1) is 0 Å². The van der Waals surface area contributed by atoms with E-state index < -0.39 is 5.82 Å². The van der Waals surface area contributed by atoms with Gasteiger partial charge in [-0.25, -0.2) is 4.39 Å². The third-order valence-corrected chi connectivity index (χ3v) is 4.11. The molecule has 0 N–H and O–H groups in total. The molecule has 2 aromatic rings. The fourth-order valence-electron chi connectivity index (χ4n) is 2.61. The Morgan fingerprint density at radius 1 is 1.28 bits per heavy atom. The average Bonchev–Trinajstić information content (AvgIpc) is 2.61. The van der Waals surface area contributed by atoms with Crippen LogP contribution in [-0.4, -0.2) is 38.2 Å². The van der Waals surface area contributed by atoms with Crippen LogP contribution in [0.5, 0.6) is 17.2 Å². The van der Waals surface area contributed by atoms with Crippen molar-refractivity contribution in [3.8, 4) is 17.2 Å². The SMILES string of the molecule is COc1ccc(CN(C)C(=O)c2cc(Cl)c3c(c2)OCCO3)cc1F. The van der Waals surface area contributed by atoms with Crippen LogP contribution in [0.3, 0.4) is 0 Å². The highest BCUT2D eigenvalue weighted by Crippen LogP contribution is 2.38. The van der Waals surface area contributed by atoms with Gasteiger partial charge in [-0.05, 0) is 29.8 Å². The van der Waals surface area contributed by atoms with Gasteiger partial charge in [-0.3, -0.25) is 4.79 Å². The van der Waals surface area contributed by atoms with Gasteiger partial charge in [0, 0.05) is 19.2 Å². The zero-order valence-corrected chi connectivity index (χ0v) is 14.6. The van der Waals surface area contributed by atoms with Crippen molar-refractivity contribution in [2.45, 2.75) is 6.54 Å². The number of halogens is 2. The van der Waals surface area contributed by atoms with Gasteiger partial charge < -0.3 is 19.1 Å². The Morgan fingerprint density at radius 2 is 2.04 bits per heavy atom. The Bertz CT molecular complexity index is 812. The molecule has 5 nitrogen and oxygen atoms in total. The molecule has 0 bridgehead atoms. The van der Waals surface area contributed by atoms with Crippen molar-refractivity contribution in [3.63, 3.8) is 0 Å². The molecule has 0 aliphatic carbocycles. The van der Waals surface area contributed by atoms with Crippen LogP contribution >= 0.6 is 11.6 Å². The highest BCUT2D eigenvalue weighted by atomic mass is 35.5. The zero-order valence-electron chi connectivity index (χ0n) is 13.8. The van der Waals surface area contributed by atoms with Gasteiger partial charge in [0.2, 0.25) is 0 Å². The third kappa shape index (κ3) is 3.64. The van der Waals surface area contributed by atoms with Crippen LogP contribution in [0.4, 0.5) is 4.39 Å². The van der Waals surface area contributed by atoms with Gasteiger partial charge in [0.25, 0.3) is 5.91 Å². The van der Waals surface area contributed by atoms with Crippen molar-refractivity contribution in [1.82, 2.24) is 4.90 Å². The number of amides is 1. The van der Waals surface area contributed by atoms with Gasteiger partial charge in [0.1, 0.15) is 13.2 Å². The van der Waals surface area contributed by atoms with Crippen LogP contribution in [0.1, 0.15) is 15.9 Å². The number of hydrogen-bond acceptors (Lipinski definition) is 4. The van der Waals surface area contributed by atoms with E-state index >= 15 is 0 Å². The third-order valence-electron chi connectivity index (χ3n) is 3.83. The van der Waals surface area contributed by atoms with Crippen molar-refractivity contribution < 1.29 is 23.4 Å². The summed E-state index contributed by atoms with van der Waals surface area (Å²) >= 11 is 6.17. The lowest BCUT2D eigenvalue weighted by atomic mass is 10.1. The molecule has 3 rings (SSSR count). The van der Waals surface area contributed by atoms with E-state index in [1.165, 1.54) is 24.1 Å². The largest absolute Gasteiger partial charge is 0.494 e. The first kappa shape index (κ1) is 17.4. The highest BCUT2D eigenvalue weighted by molar-refractivity contribution is 6.32. The van der Waals surface area contributed by atoms with E-state index in [0.29, 0.717) is 40.9 Å². The van der Waals surface area contributed by atoms with Crippen LogP contribution in [0, 0.1) is 5.82 Å². The molecule has 1 aliphatic heterocycles. The summed E-state index contributed by atoms with van der Waals surface area (Å²) in [6, 6.07) is 7.74. The van der Waals surface area contributed by atoms with Crippen LogP contribution in [0.2, 0.25) is 5.02 Å². The smallest absolute Gasteiger partial charge is 0.254 e. The zero-order chi connectivity index (χ0) is 18.0. The summed E-state index contributed by atoms with van der Waals surface area (Å²) in [5, 5.41) is 0.324. The Labute approximate surface area is 149 Å². The molecular formula is C18H17ClFNO4. The van der Waals surface area contributed by atoms with E-state index in [1.807, 2.05) is 0 Å². The Kier molecular flexibility index (Phi) is 4.99. The van der Waals surface area contributed by atoms with Crippen molar-refractivity contribution >= 4 is 17.5 Å². The van der Waals surface area contributed by atoms with E-state index in [0.717, 1.165) is 0 Å². The Hall–Kier alpha value is -2.47. The van der Waals surface area contributed by atoms with Crippen molar-refractivity contribution in [3.05, 3.63) is 52.3 Å². The molecule has 132 valence electrons. The topological polar surface area (TPSA) is 48.0 Å². The molecule has 0 unspecified atom stereocenters. The molecule has 0 fully saturated rings. The molecule has 0 atom stereocenters. The number of rotatable bonds is 4. The van der Waals surface area contributed by atoms with Gasteiger partial charge in [-0.2, -0.15) is 0 Å². The van der Waals surface area contributed by atoms with E-state index in [4.69, 9.17) is 25.8 Å². The van der Waals surface area contributed by atoms with Crippen molar-refractivity contribution in [1.29, 1.82) is 0 Å². The average molecular weight is 366 g/mol. The number of carbonyl (C=O) groups excluding carboxylic acids is 1. The maximum atomic E-state index is 13.8. The van der Waals surface area contributed by atoms with Gasteiger partial charge in [-0.1, -0.05) is 17.7 Å². The number of benzene rings is 2. The van der Waals surface area contributed by atoms with E-state index in [9.17, 15) is 9.18 Å². The molecule has 1 heterocycles. The Morgan fingerprint density at radius 3 is 2.76 bits per heavy atom. The monoisotopic (exact) mass is 365 g/mol. The first-order valence-corrected chi connectivity index (χ1v) is 8.04. The summed E-state index contributed by atoms with van der Waals surface area (Å²) in [4.78, 5) is 14.1. The fourth-order valence-corrected chi connectivity index (χ4v) is 2.87. The molecule has 0 aromatic heterocycles. The molecule has 0 saturated carbocycles. The first-order valence-electron chi connectivity index (χ1n) is 7.66. The summed E-state index contributed by atoms with van der Waals surface area (Å²) in [7, 11) is 3.04. The van der Waals surface area contributed by atoms with E-state index in [1.54, 1.807) is 25.2 Å². The number of carbonyl (C=O) groups is 1.